The van der Waals surface area contributed by atoms with Crippen LogP contribution in [0.5, 0.6) is 0 Å². The van der Waals surface area contributed by atoms with Crippen LogP contribution < -0.4 is 21.7 Å². The average Bonchev–Trinajstić information content (AvgIpc) is 3.50. The highest BCUT2D eigenvalue weighted by molar-refractivity contribution is 7.09. The van der Waals surface area contributed by atoms with Crippen LogP contribution >= 0.6 is 11.5 Å². The highest BCUT2D eigenvalue weighted by Crippen LogP contribution is 2.37. The SMILES string of the molecule is CCOC(=O)CNC(=O)[C@@H](c1c[nH]c2ccccc12)N(C(=O)c1snc(C(N)=O)c1N)c1ccccc1C. The summed E-state index contributed by atoms with van der Waals surface area (Å²) in [6.45, 7) is 3.22. The minimum absolute atomic E-state index is 0.0508. The molecule has 3 amide bonds. The van der Waals surface area contributed by atoms with Crippen LogP contribution in [-0.2, 0) is 14.3 Å². The summed E-state index contributed by atoms with van der Waals surface area (Å²) in [6, 6.07) is 13.1. The Morgan fingerprint density at radius 2 is 1.84 bits per heavy atom. The summed E-state index contributed by atoms with van der Waals surface area (Å²) in [6.07, 6.45) is 1.64. The Bertz CT molecular complexity index is 1530. The van der Waals surface area contributed by atoms with Crippen molar-refractivity contribution < 1.29 is 23.9 Å². The first kappa shape index (κ1) is 26.4. The number of H-pyrrole nitrogens is 1. The molecule has 0 aliphatic heterocycles. The number of anilines is 2. The van der Waals surface area contributed by atoms with Crippen LogP contribution in [0.4, 0.5) is 11.4 Å². The Hall–Kier alpha value is -4.71. The summed E-state index contributed by atoms with van der Waals surface area (Å²) in [7, 11) is 0. The van der Waals surface area contributed by atoms with Gasteiger partial charge in [0.15, 0.2) is 5.69 Å². The first-order valence-corrected chi connectivity index (χ1v) is 12.4. The standard InChI is InChI=1S/C26H26N6O5S/c1-3-37-19(33)13-30-25(35)22(16-12-29-17-10-6-5-9-15(16)17)32(18-11-7-4-8-14(18)2)26(36)23-20(27)21(24(28)34)31-38-23/h4-12,22,29H,3,13,27H2,1-2H3,(H2,28,34)(H,30,35)/t22-/m1/s1. The second-order valence-electron chi connectivity index (χ2n) is 8.31. The van der Waals surface area contributed by atoms with Gasteiger partial charge in [-0.3, -0.25) is 24.1 Å². The number of amides is 3. The number of ether oxygens (including phenoxy) is 1. The van der Waals surface area contributed by atoms with E-state index in [1.54, 1.807) is 44.3 Å². The quantitative estimate of drug-likeness (QED) is 0.239. The van der Waals surface area contributed by atoms with Crippen molar-refractivity contribution >= 4 is 57.5 Å². The molecule has 38 heavy (non-hydrogen) atoms. The van der Waals surface area contributed by atoms with Gasteiger partial charge in [0.25, 0.3) is 11.8 Å². The fourth-order valence-electron chi connectivity index (χ4n) is 4.12. The number of rotatable bonds is 9. The number of hydrogen-bond acceptors (Lipinski definition) is 8. The maximum absolute atomic E-state index is 14.2. The molecule has 0 unspecified atom stereocenters. The lowest BCUT2D eigenvalue weighted by Gasteiger charge is -2.32. The van der Waals surface area contributed by atoms with E-state index >= 15 is 0 Å². The van der Waals surface area contributed by atoms with Crippen molar-refractivity contribution in [2.75, 3.05) is 23.8 Å². The maximum atomic E-state index is 14.2. The number of aromatic amines is 1. The number of primary amides is 1. The molecule has 11 nitrogen and oxygen atoms in total. The van der Waals surface area contributed by atoms with E-state index in [-0.39, 0.29) is 22.9 Å². The van der Waals surface area contributed by atoms with Gasteiger partial charge in [0, 0.05) is 28.4 Å². The maximum Gasteiger partial charge on any atom is 0.325 e. The highest BCUT2D eigenvalue weighted by Gasteiger charge is 2.38. The normalized spacial score (nSPS) is 11.6. The monoisotopic (exact) mass is 534 g/mol. The Morgan fingerprint density at radius 1 is 1.13 bits per heavy atom. The van der Waals surface area contributed by atoms with Crippen LogP contribution in [0.3, 0.4) is 0 Å². The molecule has 0 aliphatic carbocycles. The van der Waals surface area contributed by atoms with Crippen LogP contribution in [0.1, 0.15) is 44.3 Å². The molecule has 0 saturated heterocycles. The molecular formula is C26H26N6O5S. The van der Waals surface area contributed by atoms with E-state index < -0.39 is 36.3 Å². The van der Waals surface area contributed by atoms with Gasteiger partial charge >= 0.3 is 5.97 Å². The minimum atomic E-state index is -1.24. The molecule has 0 bridgehead atoms. The molecule has 0 saturated carbocycles. The Labute approximate surface area is 221 Å². The van der Waals surface area contributed by atoms with Crippen LogP contribution in [0.15, 0.2) is 54.7 Å². The molecule has 2 aromatic carbocycles. The number of esters is 1. The van der Waals surface area contributed by atoms with E-state index in [0.717, 1.165) is 5.52 Å². The average molecular weight is 535 g/mol. The summed E-state index contributed by atoms with van der Waals surface area (Å²) in [5.74, 6) is -2.79. The van der Waals surface area contributed by atoms with Crippen molar-refractivity contribution in [2.24, 2.45) is 5.73 Å². The number of carbonyl (C=O) groups is 4. The van der Waals surface area contributed by atoms with Crippen LogP contribution in [0.2, 0.25) is 0 Å². The van der Waals surface area contributed by atoms with Crippen LogP contribution in [0, 0.1) is 6.92 Å². The lowest BCUT2D eigenvalue weighted by molar-refractivity contribution is -0.143. The summed E-state index contributed by atoms with van der Waals surface area (Å²) in [4.78, 5) is 56.2. The molecule has 0 spiro atoms. The molecule has 1 atom stereocenters. The molecule has 12 heteroatoms. The summed E-state index contributed by atoms with van der Waals surface area (Å²) >= 11 is 0.716. The topological polar surface area (TPSA) is 174 Å². The Balaban J connectivity index is 1.90. The molecule has 4 rings (SSSR count). The summed E-state index contributed by atoms with van der Waals surface area (Å²) in [5.41, 5.74) is 13.4. The van der Waals surface area contributed by atoms with Crippen LogP contribution in [0.25, 0.3) is 10.9 Å². The third-order valence-corrected chi connectivity index (χ3v) is 6.74. The molecule has 0 radical (unpaired) electrons. The van der Waals surface area contributed by atoms with Crippen molar-refractivity contribution in [2.45, 2.75) is 19.9 Å². The number of hydrogen-bond donors (Lipinski definition) is 4. The molecule has 4 aromatic rings. The van der Waals surface area contributed by atoms with Gasteiger partial charge in [-0.15, -0.1) is 0 Å². The van der Waals surface area contributed by atoms with Gasteiger partial charge in [-0.2, -0.15) is 4.37 Å². The van der Waals surface area contributed by atoms with Gasteiger partial charge < -0.3 is 26.5 Å². The fourth-order valence-corrected chi connectivity index (χ4v) is 4.87. The first-order chi connectivity index (χ1) is 18.2. The number of nitrogen functional groups attached to an aromatic ring is 1. The zero-order valence-electron chi connectivity index (χ0n) is 20.7. The van der Waals surface area contributed by atoms with E-state index in [9.17, 15) is 19.2 Å². The smallest absolute Gasteiger partial charge is 0.325 e. The van der Waals surface area contributed by atoms with Gasteiger partial charge in [0.05, 0.1) is 12.3 Å². The predicted molar refractivity (Wildman–Crippen MR) is 144 cm³/mol. The second-order valence-corrected chi connectivity index (χ2v) is 9.09. The molecule has 196 valence electrons. The first-order valence-electron chi connectivity index (χ1n) is 11.7. The summed E-state index contributed by atoms with van der Waals surface area (Å²) < 4.78 is 8.91. The molecule has 2 heterocycles. The molecule has 0 fully saturated rings. The van der Waals surface area contributed by atoms with E-state index in [0.29, 0.717) is 33.7 Å². The number of para-hydroxylation sites is 2. The van der Waals surface area contributed by atoms with Crippen LogP contribution in [-0.4, -0.2) is 46.2 Å². The minimum Gasteiger partial charge on any atom is -0.465 e. The Morgan fingerprint density at radius 3 is 2.53 bits per heavy atom. The number of aryl methyl sites for hydroxylation is 1. The van der Waals surface area contributed by atoms with E-state index in [4.69, 9.17) is 16.2 Å². The number of benzene rings is 2. The van der Waals surface area contributed by atoms with Crippen molar-refractivity contribution in [1.29, 1.82) is 0 Å². The number of aromatic nitrogens is 2. The van der Waals surface area contributed by atoms with Gasteiger partial charge in [-0.05, 0) is 43.1 Å². The third-order valence-electron chi connectivity index (χ3n) is 5.88. The predicted octanol–water partition coefficient (Wildman–Crippen LogP) is 2.68. The zero-order valence-corrected chi connectivity index (χ0v) is 21.5. The molecule has 2 aromatic heterocycles. The fraction of sp³-hybridized carbons (Fsp3) is 0.192. The number of fused-ring (bicyclic) bond motifs is 1. The molecular weight excluding hydrogens is 508 g/mol. The lowest BCUT2D eigenvalue weighted by atomic mass is 10.0. The van der Waals surface area contributed by atoms with Gasteiger partial charge in [-0.1, -0.05) is 36.4 Å². The summed E-state index contributed by atoms with van der Waals surface area (Å²) in [5, 5.41) is 3.29. The van der Waals surface area contributed by atoms with Gasteiger partial charge in [0.1, 0.15) is 17.5 Å². The molecule has 6 N–H and O–H groups in total. The Kier molecular flexibility index (Phi) is 7.72. The van der Waals surface area contributed by atoms with Crippen molar-refractivity contribution in [3.63, 3.8) is 0 Å². The van der Waals surface area contributed by atoms with E-state index in [2.05, 4.69) is 14.7 Å². The number of carbonyl (C=O) groups excluding carboxylic acids is 4. The zero-order chi connectivity index (χ0) is 27.4. The highest BCUT2D eigenvalue weighted by atomic mass is 32.1. The largest absolute Gasteiger partial charge is 0.465 e. The van der Waals surface area contributed by atoms with Crippen molar-refractivity contribution in [3.8, 4) is 0 Å². The second kappa shape index (κ2) is 11.1. The van der Waals surface area contributed by atoms with Gasteiger partial charge in [0.2, 0.25) is 5.91 Å². The lowest BCUT2D eigenvalue weighted by Crippen LogP contribution is -2.45. The van der Waals surface area contributed by atoms with E-state index in [1.165, 1.54) is 4.90 Å². The number of nitrogens with two attached hydrogens (primary N) is 2. The number of nitrogens with zero attached hydrogens (tertiary/aromatic N) is 2. The number of nitrogens with one attached hydrogen (secondary N) is 2. The van der Waals surface area contributed by atoms with Crippen molar-refractivity contribution in [3.05, 3.63) is 76.4 Å². The van der Waals surface area contributed by atoms with E-state index in [1.807, 2.05) is 24.3 Å². The van der Waals surface area contributed by atoms with Gasteiger partial charge in [-0.25, -0.2) is 0 Å². The molecule has 0 aliphatic rings. The third kappa shape index (κ3) is 5.06. The van der Waals surface area contributed by atoms with Crippen molar-refractivity contribution in [1.82, 2.24) is 14.7 Å².